The minimum atomic E-state index is -0.907. The molecule has 0 saturated carbocycles. The zero-order chi connectivity index (χ0) is 16.0. The fourth-order valence-electron chi connectivity index (χ4n) is 2.14. The van der Waals surface area contributed by atoms with E-state index in [0.29, 0.717) is 36.9 Å². The molecule has 6 heteroatoms. The summed E-state index contributed by atoms with van der Waals surface area (Å²) in [4.78, 5) is 22.6. The molecule has 2 N–H and O–H groups in total. The number of amides is 1. The molecular weight excluding hydrogens is 282 g/mol. The molecule has 0 fully saturated rings. The lowest BCUT2D eigenvalue weighted by atomic mass is 10.0. The molecule has 1 aromatic carbocycles. The monoisotopic (exact) mass is 299 g/mol. The highest BCUT2D eigenvalue weighted by molar-refractivity contribution is 5.91. The topological polar surface area (TPSA) is 91.1 Å². The van der Waals surface area contributed by atoms with Gasteiger partial charge in [0.15, 0.2) is 5.66 Å². The van der Waals surface area contributed by atoms with Gasteiger partial charge in [-0.1, -0.05) is 12.1 Å². The van der Waals surface area contributed by atoms with Gasteiger partial charge < -0.3 is 10.4 Å². The van der Waals surface area contributed by atoms with Crippen molar-refractivity contribution in [1.82, 2.24) is 0 Å². The van der Waals surface area contributed by atoms with Crippen molar-refractivity contribution in [1.29, 1.82) is 0 Å². The SMILES string of the molecule is C#CCCC1(CCC(=O)Nc2cccc(CC(=O)O)c2)N=N1. The van der Waals surface area contributed by atoms with Crippen LogP contribution in [0.25, 0.3) is 0 Å². The van der Waals surface area contributed by atoms with Gasteiger partial charge in [0, 0.05) is 31.4 Å². The smallest absolute Gasteiger partial charge is 0.307 e. The fourth-order valence-corrected chi connectivity index (χ4v) is 2.14. The second kappa shape index (κ2) is 6.85. The van der Waals surface area contributed by atoms with E-state index in [1.165, 1.54) is 0 Å². The van der Waals surface area contributed by atoms with Crippen molar-refractivity contribution in [2.75, 3.05) is 5.32 Å². The van der Waals surface area contributed by atoms with E-state index in [1.807, 2.05) is 0 Å². The van der Waals surface area contributed by atoms with Crippen molar-refractivity contribution in [3.05, 3.63) is 29.8 Å². The van der Waals surface area contributed by atoms with Gasteiger partial charge >= 0.3 is 5.97 Å². The first-order valence-electron chi connectivity index (χ1n) is 7.01. The van der Waals surface area contributed by atoms with Crippen LogP contribution in [0.15, 0.2) is 34.5 Å². The normalized spacial score (nSPS) is 14.1. The van der Waals surface area contributed by atoms with Gasteiger partial charge in [-0.2, -0.15) is 10.2 Å². The number of hydrogen-bond donors (Lipinski definition) is 2. The minimum Gasteiger partial charge on any atom is -0.481 e. The van der Waals surface area contributed by atoms with Crippen molar-refractivity contribution >= 4 is 17.6 Å². The van der Waals surface area contributed by atoms with Crippen molar-refractivity contribution in [3.8, 4) is 12.3 Å². The first-order chi connectivity index (χ1) is 10.5. The molecule has 22 heavy (non-hydrogen) atoms. The van der Waals surface area contributed by atoms with Crippen LogP contribution in [0.3, 0.4) is 0 Å². The number of carboxylic acid groups (broad SMARTS) is 1. The maximum Gasteiger partial charge on any atom is 0.307 e. The number of carboxylic acids is 1. The number of rotatable bonds is 8. The molecule has 2 rings (SSSR count). The van der Waals surface area contributed by atoms with Crippen LogP contribution in [-0.4, -0.2) is 22.6 Å². The molecule has 114 valence electrons. The summed E-state index contributed by atoms with van der Waals surface area (Å²) >= 11 is 0. The molecule has 6 nitrogen and oxygen atoms in total. The fraction of sp³-hybridized carbons (Fsp3) is 0.375. The third-order valence-electron chi connectivity index (χ3n) is 3.37. The van der Waals surface area contributed by atoms with Crippen molar-refractivity contribution in [2.24, 2.45) is 10.2 Å². The molecule has 0 aromatic heterocycles. The number of aliphatic carboxylic acids is 1. The standard InChI is InChI=1S/C16H17N3O3/c1-2-3-8-16(18-19-16)9-7-14(20)17-13-6-4-5-12(10-13)11-15(21)22/h1,4-6,10H,3,7-9,11H2,(H,17,20)(H,21,22). The number of nitrogens with zero attached hydrogens (tertiary/aromatic N) is 2. The molecular formula is C16H17N3O3. The van der Waals surface area contributed by atoms with E-state index in [-0.39, 0.29) is 12.3 Å². The average molecular weight is 299 g/mol. The Morgan fingerprint density at radius 2 is 2.09 bits per heavy atom. The van der Waals surface area contributed by atoms with Gasteiger partial charge in [0.05, 0.1) is 6.42 Å². The Bertz CT molecular complexity index is 640. The van der Waals surface area contributed by atoms with Gasteiger partial charge in [-0.15, -0.1) is 12.3 Å². The summed E-state index contributed by atoms with van der Waals surface area (Å²) in [5.41, 5.74) is 0.767. The third kappa shape index (κ3) is 4.70. The van der Waals surface area contributed by atoms with Crippen LogP contribution in [0.4, 0.5) is 5.69 Å². The van der Waals surface area contributed by atoms with E-state index < -0.39 is 11.6 Å². The highest BCUT2D eigenvalue weighted by atomic mass is 16.4. The molecule has 1 amide bonds. The average Bonchev–Trinajstić information content (AvgIpc) is 3.23. The molecule has 0 saturated heterocycles. The van der Waals surface area contributed by atoms with Gasteiger partial charge in [-0.05, 0) is 17.7 Å². The molecule has 1 aromatic rings. The summed E-state index contributed by atoms with van der Waals surface area (Å²) in [6, 6.07) is 6.81. The van der Waals surface area contributed by atoms with Crippen LogP contribution < -0.4 is 5.32 Å². The quantitative estimate of drug-likeness (QED) is 0.723. The Hall–Kier alpha value is -2.68. The van der Waals surface area contributed by atoms with Crippen molar-refractivity contribution in [3.63, 3.8) is 0 Å². The first kappa shape index (κ1) is 15.7. The van der Waals surface area contributed by atoms with E-state index in [4.69, 9.17) is 11.5 Å². The van der Waals surface area contributed by atoms with Crippen LogP contribution in [0, 0.1) is 12.3 Å². The minimum absolute atomic E-state index is 0.0727. The zero-order valence-electron chi connectivity index (χ0n) is 12.1. The Labute approximate surface area is 128 Å². The third-order valence-corrected chi connectivity index (χ3v) is 3.37. The van der Waals surface area contributed by atoms with Gasteiger partial charge in [0.1, 0.15) is 0 Å². The highest BCUT2D eigenvalue weighted by Gasteiger charge is 2.39. The predicted octanol–water partition coefficient (Wildman–Crippen LogP) is 2.61. The van der Waals surface area contributed by atoms with Gasteiger partial charge in [-0.25, -0.2) is 0 Å². The number of anilines is 1. The van der Waals surface area contributed by atoms with Gasteiger partial charge in [0.2, 0.25) is 5.91 Å². The van der Waals surface area contributed by atoms with Crippen molar-refractivity contribution in [2.45, 2.75) is 37.8 Å². The lowest BCUT2D eigenvalue weighted by molar-refractivity contribution is -0.136. The molecule has 0 atom stereocenters. The Kier molecular flexibility index (Phi) is 4.89. The molecule has 0 unspecified atom stereocenters. The summed E-state index contributed by atoms with van der Waals surface area (Å²) in [6.07, 6.45) is 7.23. The van der Waals surface area contributed by atoms with Crippen LogP contribution in [0.2, 0.25) is 0 Å². The van der Waals surface area contributed by atoms with Crippen molar-refractivity contribution < 1.29 is 14.7 Å². The number of benzene rings is 1. The number of carbonyl (C=O) groups excluding carboxylic acids is 1. The summed E-state index contributed by atoms with van der Waals surface area (Å²) in [5.74, 6) is 1.49. The molecule has 0 spiro atoms. The molecule has 0 aliphatic carbocycles. The number of terminal acetylenes is 1. The van der Waals surface area contributed by atoms with E-state index in [9.17, 15) is 9.59 Å². The highest BCUT2D eigenvalue weighted by Crippen LogP contribution is 2.37. The zero-order valence-corrected chi connectivity index (χ0v) is 12.1. The van der Waals surface area contributed by atoms with Gasteiger partial charge in [0.25, 0.3) is 0 Å². The maximum atomic E-state index is 11.9. The Morgan fingerprint density at radius 3 is 2.73 bits per heavy atom. The summed E-state index contributed by atoms with van der Waals surface area (Å²) in [6.45, 7) is 0. The molecule has 0 bridgehead atoms. The maximum absolute atomic E-state index is 11.9. The summed E-state index contributed by atoms with van der Waals surface area (Å²) in [5, 5.41) is 19.5. The largest absolute Gasteiger partial charge is 0.481 e. The van der Waals surface area contributed by atoms with Crippen LogP contribution >= 0.6 is 0 Å². The number of hydrogen-bond acceptors (Lipinski definition) is 4. The van der Waals surface area contributed by atoms with E-state index in [1.54, 1.807) is 24.3 Å². The first-order valence-corrected chi connectivity index (χ1v) is 7.01. The summed E-state index contributed by atoms with van der Waals surface area (Å²) < 4.78 is 0. The molecule has 1 aliphatic rings. The lowest BCUT2D eigenvalue weighted by Gasteiger charge is -2.10. The van der Waals surface area contributed by atoms with Gasteiger partial charge in [-0.3, -0.25) is 9.59 Å². The van der Waals surface area contributed by atoms with Crippen LogP contribution in [0.1, 0.15) is 31.2 Å². The number of nitrogens with one attached hydrogen (secondary N) is 1. The Morgan fingerprint density at radius 1 is 1.32 bits per heavy atom. The summed E-state index contributed by atoms with van der Waals surface area (Å²) in [7, 11) is 0. The lowest BCUT2D eigenvalue weighted by Crippen LogP contribution is -2.17. The van der Waals surface area contributed by atoms with E-state index in [0.717, 1.165) is 0 Å². The second-order valence-electron chi connectivity index (χ2n) is 5.21. The van der Waals surface area contributed by atoms with Crippen LogP contribution in [0.5, 0.6) is 0 Å². The molecule has 0 radical (unpaired) electrons. The second-order valence-corrected chi connectivity index (χ2v) is 5.21. The predicted molar refractivity (Wildman–Crippen MR) is 81.3 cm³/mol. The van der Waals surface area contributed by atoms with E-state index in [2.05, 4.69) is 21.5 Å². The molecule has 1 aliphatic heterocycles. The Balaban J connectivity index is 1.82. The van der Waals surface area contributed by atoms with Crippen LogP contribution in [-0.2, 0) is 16.0 Å². The number of carbonyl (C=O) groups is 2. The van der Waals surface area contributed by atoms with E-state index >= 15 is 0 Å². The molecule has 1 heterocycles.